The van der Waals surface area contributed by atoms with Gasteiger partial charge in [0.15, 0.2) is 0 Å². The van der Waals surface area contributed by atoms with Crippen molar-refractivity contribution in [2.75, 3.05) is 28.7 Å². The van der Waals surface area contributed by atoms with Gasteiger partial charge in [0.05, 0.1) is 22.5 Å². The molecule has 0 fully saturated rings. The third kappa shape index (κ3) is 1.87. The summed E-state index contributed by atoms with van der Waals surface area (Å²) >= 11 is 0. The zero-order chi connectivity index (χ0) is 17.1. The highest BCUT2D eigenvalue weighted by Crippen LogP contribution is 2.49. The van der Waals surface area contributed by atoms with Gasteiger partial charge in [-0.15, -0.1) is 0 Å². The average Bonchev–Trinajstić information content (AvgIpc) is 3.00. The first kappa shape index (κ1) is 15.0. The van der Waals surface area contributed by atoms with E-state index in [4.69, 9.17) is 0 Å². The fourth-order valence-corrected chi connectivity index (χ4v) is 3.81. The second kappa shape index (κ2) is 4.97. The van der Waals surface area contributed by atoms with Crippen LogP contribution in [-0.4, -0.2) is 24.5 Å². The SMILES string of the molecule is CCN1C(=O)C(C)(C)c2cc3c(cc21)N(C)C(c1cccnc1)N3. The molecule has 1 aromatic heterocycles. The number of anilines is 3. The van der Waals surface area contributed by atoms with Crippen molar-refractivity contribution in [1.29, 1.82) is 0 Å². The molecule has 1 N–H and O–H groups in total. The molecule has 3 heterocycles. The maximum absolute atomic E-state index is 12.7. The van der Waals surface area contributed by atoms with Crippen LogP contribution >= 0.6 is 0 Å². The van der Waals surface area contributed by atoms with Gasteiger partial charge >= 0.3 is 0 Å². The molecule has 0 saturated heterocycles. The highest BCUT2D eigenvalue weighted by molar-refractivity contribution is 6.09. The monoisotopic (exact) mass is 322 g/mol. The molecule has 5 nitrogen and oxygen atoms in total. The number of nitrogens with one attached hydrogen (secondary N) is 1. The summed E-state index contributed by atoms with van der Waals surface area (Å²) in [7, 11) is 2.07. The number of hydrogen-bond donors (Lipinski definition) is 1. The predicted octanol–water partition coefficient (Wildman–Crippen LogP) is 3.29. The fourth-order valence-electron chi connectivity index (χ4n) is 3.81. The van der Waals surface area contributed by atoms with Crippen molar-refractivity contribution in [3.05, 3.63) is 47.8 Å². The summed E-state index contributed by atoms with van der Waals surface area (Å²) in [5.74, 6) is 0.176. The lowest BCUT2D eigenvalue weighted by Gasteiger charge is -2.22. The van der Waals surface area contributed by atoms with Crippen LogP contribution < -0.4 is 15.1 Å². The second-order valence-corrected chi connectivity index (χ2v) is 7.01. The lowest BCUT2D eigenvalue weighted by Crippen LogP contribution is -2.35. The number of hydrogen-bond acceptors (Lipinski definition) is 4. The van der Waals surface area contributed by atoms with Crippen LogP contribution in [0.2, 0.25) is 0 Å². The van der Waals surface area contributed by atoms with Gasteiger partial charge in [-0.05, 0) is 44.5 Å². The van der Waals surface area contributed by atoms with Gasteiger partial charge in [-0.3, -0.25) is 9.78 Å². The summed E-state index contributed by atoms with van der Waals surface area (Å²) in [5.41, 5.74) is 4.97. The van der Waals surface area contributed by atoms with E-state index in [-0.39, 0.29) is 12.1 Å². The van der Waals surface area contributed by atoms with E-state index in [1.807, 2.05) is 37.9 Å². The maximum atomic E-state index is 12.7. The van der Waals surface area contributed by atoms with Crippen LogP contribution in [0, 0.1) is 0 Å². The summed E-state index contributed by atoms with van der Waals surface area (Å²) in [5, 5.41) is 3.57. The van der Waals surface area contributed by atoms with Crippen molar-refractivity contribution >= 4 is 23.0 Å². The molecular weight excluding hydrogens is 300 g/mol. The number of carbonyl (C=O) groups excluding carboxylic acids is 1. The van der Waals surface area contributed by atoms with Crippen LogP contribution in [0.5, 0.6) is 0 Å². The van der Waals surface area contributed by atoms with Crippen molar-refractivity contribution in [3.8, 4) is 0 Å². The lowest BCUT2D eigenvalue weighted by atomic mass is 9.86. The summed E-state index contributed by atoms with van der Waals surface area (Å²) in [4.78, 5) is 21.0. The largest absolute Gasteiger partial charge is 0.360 e. The normalized spacial score (nSPS) is 20.8. The molecule has 2 aliphatic heterocycles. The number of benzene rings is 1. The van der Waals surface area contributed by atoms with Crippen LogP contribution in [0.3, 0.4) is 0 Å². The van der Waals surface area contributed by atoms with Crippen LogP contribution in [0.4, 0.5) is 17.1 Å². The summed E-state index contributed by atoms with van der Waals surface area (Å²) in [6, 6.07) is 8.32. The molecule has 0 radical (unpaired) electrons. The van der Waals surface area contributed by atoms with Crippen LogP contribution in [0.15, 0.2) is 36.7 Å². The van der Waals surface area contributed by atoms with Gasteiger partial charge < -0.3 is 15.1 Å². The molecule has 0 bridgehead atoms. The van der Waals surface area contributed by atoms with Gasteiger partial charge in [0, 0.05) is 31.5 Å². The van der Waals surface area contributed by atoms with Crippen molar-refractivity contribution in [2.45, 2.75) is 32.4 Å². The molecule has 0 saturated carbocycles. The Balaban J connectivity index is 1.80. The van der Waals surface area contributed by atoms with Crippen LogP contribution in [0.1, 0.15) is 38.1 Å². The van der Waals surface area contributed by atoms with E-state index in [0.29, 0.717) is 6.54 Å². The van der Waals surface area contributed by atoms with E-state index in [1.54, 1.807) is 6.20 Å². The Hall–Kier alpha value is -2.56. The molecule has 0 aliphatic carbocycles. The van der Waals surface area contributed by atoms with Gasteiger partial charge in [-0.1, -0.05) is 6.07 Å². The number of aromatic nitrogens is 1. The number of fused-ring (bicyclic) bond motifs is 2. The van der Waals surface area contributed by atoms with E-state index < -0.39 is 5.41 Å². The molecule has 1 atom stereocenters. The van der Waals surface area contributed by atoms with E-state index in [1.165, 1.54) is 0 Å². The smallest absolute Gasteiger partial charge is 0.237 e. The third-order valence-electron chi connectivity index (χ3n) is 5.23. The molecule has 1 aromatic carbocycles. The van der Waals surface area contributed by atoms with E-state index in [9.17, 15) is 4.79 Å². The van der Waals surface area contributed by atoms with Crippen molar-refractivity contribution in [2.24, 2.45) is 0 Å². The lowest BCUT2D eigenvalue weighted by molar-refractivity contribution is -0.122. The first-order valence-corrected chi connectivity index (χ1v) is 8.35. The van der Waals surface area contributed by atoms with E-state index in [2.05, 4.69) is 40.4 Å². The van der Waals surface area contributed by atoms with E-state index in [0.717, 1.165) is 28.2 Å². The highest BCUT2D eigenvalue weighted by Gasteiger charge is 2.45. The predicted molar refractivity (Wildman–Crippen MR) is 96.5 cm³/mol. The van der Waals surface area contributed by atoms with Crippen LogP contribution in [0.25, 0.3) is 0 Å². The minimum Gasteiger partial charge on any atom is -0.360 e. The topological polar surface area (TPSA) is 48.5 Å². The summed E-state index contributed by atoms with van der Waals surface area (Å²) in [6.07, 6.45) is 3.73. The Morgan fingerprint density at radius 3 is 2.75 bits per heavy atom. The Bertz CT molecular complexity index is 816. The van der Waals surface area contributed by atoms with Crippen molar-refractivity contribution in [3.63, 3.8) is 0 Å². The Morgan fingerprint density at radius 1 is 1.29 bits per heavy atom. The fraction of sp³-hybridized carbons (Fsp3) is 0.368. The Morgan fingerprint density at radius 2 is 2.08 bits per heavy atom. The number of amides is 1. The molecule has 4 rings (SSSR count). The first-order chi connectivity index (χ1) is 11.4. The molecule has 2 aliphatic rings. The minimum absolute atomic E-state index is 0.0603. The second-order valence-electron chi connectivity index (χ2n) is 7.01. The number of nitrogens with zero attached hydrogens (tertiary/aromatic N) is 3. The average molecular weight is 322 g/mol. The number of pyridine rings is 1. The van der Waals surface area contributed by atoms with E-state index >= 15 is 0 Å². The number of likely N-dealkylation sites (N-methyl/N-ethyl adjacent to an activating group) is 1. The first-order valence-electron chi connectivity index (χ1n) is 8.35. The molecule has 24 heavy (non-hydrogen) atoms. The molecule has 1 amide bonds. The summed E-state index contributed by atoms with van der Waals surface area (Å²) in [6.45, 7) is 6.73. The van der Waals surface area contributed by atoms with Gasteiger partial charge in [0.2, 0.25) is 5.91 Å². The molecule has 2 aromatic rings. The maximum Gasteiger partial charge on any atom is 0.237 e. The molecular formula is C19H22N4O. The van der Waals surface area contributed by atoms with Gasteiger partial charge in [0.25, 0.3) is 0 Å². The third-order valence-corrected chi connectivity index (χ3v) is 5.23. The van der Waals surface area contributed by atoms with Crippen molar-refractivity contribution < 1.29 is 4.79 Å². The highest BCUT2D eigenvalue weighted by atomic mass is 16.2. The van der Waals surface area contributed by atoms with Crippen LogP contribution in [-0.2, 0) is 10.2 Å². The quantitative estimate of drug-likeness (QED) is 0.922. The Kier molecular flexibility index (Phi) is 3.10. The molecule has 124 valence electrons. The van der Waals surface area contributed by atoms with Gasteiger partial charge in [-0.25, -0.2) is 0 Å². The number of rotatable bonds is 2. The number of carbonyl (C=O) groups is 1. The minimum atomic E-state index is -0.479. The van der Waals surface area contributed by atoms with Gasteiger partial charge in [0.1, 0.15) is 6.17 Å². The Labute approximate surface area is 142 Å². The van der Waals surface area contributed by atoms with Crippen molar-refractivity contribution in [1.82, 2.24) is 4.98 Å². The van der Waals surface area contributed by atoms with Gasteiger partial charge in [-0.2, -0.15) is 0 Å². The zero-order valence-electron chi connectivity index (χ0n) is 14.5. The molecule has 5 heteroatoms. The molecule has 0 spiro atoms. The molecule has 1 unspecified atom stereocenters. The standard InChI is InChI=1S/C19H22N4O/c1-5-23-15-10-16-14(9-13(15)19(2,3)18(23)24)21-17(22(16)4)12-7-6-8-20-11-12/h6-11,17,21H,5H2,1-4H3. The summed E-state index contributed by atoms with van der Waals surface area (Å²) < 4.78 is 0. The zero-order valence-corrected chi connectivity index (χ0v) is 14.5.